The minimum Gasteiger partial charge on any atom is -0.294 e. The fourth-order valence-electron chi connectivity index (χ4n) is 3.22. The van der Waals surface area contributed by atoms with Gasteiger partial charge in [-0.1, -0.05) is 18.2 Å². The molecular weight excluding hydrogens is 232 g/mol. The largest absolute Gasteiger partial charge is 0.294 e. The third-order valence-electron chi connectivity index (χ3n) is 4.04. The van der Waals surface area contributed by atoms with Crippen LogP contribution in [-0.4, -0.2) is 5.78 Å². The predicted octanol–water partition coefficient (Wildman–Crippen LogP) is 3.46. The standard InChI is InChI=1S/C18H13O/c1-11(19)16-10-14-6-2-4-12-8-9-13-5-3-7-15(16)18(13)17(12)14/h2-6,8-10H,7H2,1H3/q+1. The van der Waals surface area contributed by atoms with Crippen LogP contribution in [0.2, 0.25) is 0 Å². The Labute approximate surface area is 111 Å². The van der Waals surface area contributed by atoms with Crippen LogP contribution in [0.1, 0.15) is 22.8 Å². The van der Waals surface area contributed by atoms with Gasteiger partial charge in [-0.2, -0.15) is 0 Å². The van der Waals surface area contributed by atoms with Crippen molar-refractivity contribution in [2.75, 3.05) is 0 Å². The molecule has 3 aromatic rings. The first-order valence-electron chi connectivity index (χ1n) is 6.57. The summed E-state index contributed by atoms with van der Waals surface area (Å²) in [4.78, 5) is 11.9. The normalized spacial score (nSPS) is 13.3. The van der Waals surface area contributed by atoms with Crippen molar-refractivity contribution in [3.05, 3.63) is 59.2 Å². The van der Waals surface area contributed by atoms with Crippen molar-refractivity contribution < 1.29 is 4.79 Å². The molecule has 0 spiro atoms. The molecule has 0 amide bonds. The summed E-state index contributed by atoms with van der Waals surface area (Å²) in [5.41, 5.74) is 2.06. The Bertz CT molecular complexity index is 887. The fraction of sp³-hybridized carbons (Fsp3) is 0.111. The minimum absolute atomic E-state index is 0.155. The van der Waals surface area contributed by atoms with Crippen LogP contribution in [0, 0.1) is 6.42 Å². The molecule has 0 atom stereocenters. The summed E-state index contributed by atoms with van der Waals surface area (Å²) in [6.45, 7) is 1.66. The van der Waals surface area contributed by atoms with Crippen LogP contribution in [0.3, 0.4) is 0 Å². The van der Waals surface area contributed by atoms with Crippen molar-refractivity contribution in [2.45, 2.75) is 13.3 Å². The minimum atomic E-state index is 0.155. The van der Waals surface area contributed by atoms with Gasteiger partial charge in [-0.05, 0) is 29.8 Å². The van der Waals surface area contributed by atoms with Crippen molar-refractivity contribution in [1.82, 2.24) is 0 Å². The smallest absolute Gasteiger partial charge is 0.160 e. The van der Waals surface area contributed by atoms with E-state index in [1.807, 2.05) is 0 Å². The molecule has 1 aliphatic carbocycles. The molecule has 0 N–H and O–H groups in total. The first-order valence-corrected chi connectivity index (χ1v) is 6.57. The summed E-state index contributed by atoms with van der Waals surface area (Å²) in [7, 11) is 0. The zero-order valence-corrected chi connectivity index (χ0v) is 10.7. The van der Waals surface area contributed by atoms with Gasteiger partial charge in [0.15, 0.2) is 5.78 Å². The molecule has 0 aromatic heterocycles. The molecule has 0 heterocycles. The van der Waals surface area contributed by atoms with Crippen LogP contribution in [0.25, 0.3) is 27.6 Å². The Balaban J connectivity index is 2.38. The third-order valence-corrected chi connectivity index (χ3v) is 4.04. The zero-order valence-electron chi connectivity index (χ0n) is 10.7. The van der Waals surface area contributed by atoms with E-state index in [9.17, 15) is 4.79 Å². The number of hydrogen-bond acceptors (Lipinski definition) is 1. The Morgan fingerprint density at radius 3 is 2.79 bits per heavy atom. The zero-order chi connectivity index (χ0) is 13.0. The number of rotatable bonds is 1. The van der Waals surface area contributed by atoms with Crippen LogP contribution in [0.5, 0.6) is 0 Å². The number of carbonyl (C=O) groups excluding carboxylic acids is 1. The quantitative estimate of drug-likeness (QED) is 0.474. The van der Waals surface area contributed by atoms with E-state index in [0.29, 0.717) is 0 Å². The van der Waals surface area contributed by atoms with Crippen LogP contribution in [0.15, 0.2) is 36.4 Å². The van der Waals surface area contributed by atoms with Crippen molar-refractivity contribution in [2.24, 2.45) is 0 Å². The molecule has 0 saturated heterocycles. The topological polar surface area (TPSA) is 17.1 Å². The van der Waals surface area contributed by atoms with Gasteiger partial charge in [-0.3, -0.25) is 4.79 Å². The highest BCUT2D eigenvalue weighted by Crippen LogP contribution is 2.32. The lowest BCUT2D eigenvalue weighted by Crippen LogP contribution is -2.14. The molecule has 1 aliphatic rings. The summed E-state index contributed by atoms with van der Waals surface area (Å²) in [6, 6.07) is 12.7. The van der Waals surface area contributed by atoms with E-state index in [4.69, 9.17) is 0 Å². The molecule has 0 radical (unpaired) electrons. The highest BCUT2D eigenvalue weighted by Gasteiger charge is 2.21. The molecule has 1 nitrogen and oxygen atoms in total. The Kier molecular flexibility index (Phi) is 2.02. The van der Waals surface area contributed by atoms with E-state index in [0.717, 1.165) is 12.0 Å². The SMILES string of the molecule is CC(=O)c1cc2cccc3ccc4c(c1C[CH+]C=4)c32. The number of benzene rings is 3. The molecule has 19 heavy (non-hydrogen) atoms. The molecular formula is C18H13O+. The lowest BCUT2D eigenvalue weighted by Gasteiger charge is -2.13. The van der Waals surface area contributed by atoms with E-state index >= 15 is 0 Å². The molecule has 4 rings (SSSR count). The predicted molar refractivity (Wildman–Crippen MR) is 79.1 cm³/mol. The van der Waals surface area contributed by atoms with E-state index in [2.05, 4.69) is 48.9 Å². The molecule has 0 saturated carbocycles. The van der Waals surface area contributed by atoms with Gasteiger partial charge in [-0.15, -0.1) is 0 Å². The van der Waals surface area contributed by atoms with Gasteiger partial charge >= 0.3 is 0 Å². The van der Waals surface area contributed by atoms with Crippen LogP contribution >= 0.6 is 0 Å². The summed E-state index contributed by atoms with van der Waals surface area (Å²) in [5, 5.41) is 6.21. The molecule has 0 fully saturated rings. The Morgan fingerprint density at radius 1 is 1.11 bits per heavy atom. The molecule has 3 aromatic carbocycles. The van der Waals surface area contributed by atoms with Crippen molar-refractivity contribution in [3.63, 3.8) is 0 Å². The lowest BCUT2D eigenvalue weighted by molar-refractivity contribution is 0.101. The number of Topliss-reactive ketones (excluding diaryl/α,β-unsaturated/α-hetero) is 1. The van der Waals surface area contributed by atoms with Gasteiger partial charge in [0.2, 0.25) is 0 Å². The monoisotopic (exact) mass is 245 g/mol. The molecule has 90 valence electrons. The Morgan fingerprint density at radius 2 is 1.95 bits per heavy atom. The van der Waals surface area contributed by atoms with Crippen LogP contribution in [-0.2, 0) is 6.42 Å². The van der Waals surface area contributed by atoms with Crippen LogP contribution in [0.4, 0.5) is 0 Å². The summed E-state index contributed by atoms with van der Waals surface area (Å²) in [5.74, 6) is 0.155. The third kappa shape index (κ3) is 1.36. The average Bonchev–Trinajstić information content (AvgIpc) is 2.44. The molecule has 0 bridgehead atoms. The van der Waals surface area contributed by atoms with Crippen molar-refractivity contribution >= 4 is 33.4 Å². The van der Waals surface area contributed by atoms with Gasteiger partial charge in [0.25, 0.3) is 0 Å². The van der Waals surface area contributed by atoms with Gasteiger partial charge in [0, 0.05) is 29.0 Å². The van der Waals surface area contributed by atoms with Gasteiger partial charge in [0.1, 0.15) is 11.3 Å². The van der Waals surface area contributed by atoms with Gasteiger partial charge < -0.3 is 0 Å². The first kappa shape index (κ1) is 10.6. The highest BCUT2D eigenvalue weighted by atomic mass is 16.1. The van der Waals surface area contributed by atoms with E-state index in [1.165, 1.54) is 32.3 Å². The molecule has 0 aliphatic heterocycles. The van der Waals surface area contributed by atoms with Crippen molar-refractivity contribution in [3.8, 4) is 0 Å². The maximum atomic E-state index is 11.9. The first-order chi connectivity index (χ1) is 9.25. The maximum Gasteiger partial charge on any atom is 0.160 e. The average molecular weight is 245 g/mol. The summed E-state index contributed by atoms with van der Waals surface area (Å²) >= 11 is 0. The second-order valence-corrected chi connectivity index (χ2v) is 5.17. The summed E-state index contributed by atoms with van der Waals surface area (Å²) < 4.78 is 0. The summed E-state index contributed by atoms with van der Waals surface area (Å²) in [6.07, 6.45) is 5.16. The highest BCUT2D eigenvalue weighted by molar-refractivity contribution is 6.16. The molecule has 0 unspecified atom stereocenters. The van der Waals surface area contributed by atoms with E-state index in [1.54, 1.807) is 6.92 Å². The van der Waals surface area contributed by atoms with Gasteiger partial charge in [-0.25, -0.2) is 0 Å². The second kappa shape index (κ2) is 3.61. The van der Waals surface area contributed by atoms with Crippen molar-refractivity contribution in [1.29, 1.82) is 0 Å². The fourth-order valence-corrected chi connectivity index (χ4v) is 3.22. The Hall–Kier alpha value is -2.28. The number of carbonyl (C=O) groups is 1. The maximum absolute atomic E-state index is 11.9. The lowest BCUT2D eigenvalue weighted by atomic mass is 9.86. The van der Waals surface area contributed by atoms with E-state index in [-0.39, 0.29) is 5.78 Å². The number of hydrogen-bond donors (Lipinski definition) is 0. The van der Waals surface area contributed by atoms with Gasteiger partial charge in [0.05, 0.1) is 11.8 Å². The number of ketones is 1. The van der Waals surface area contributed by atoms with Crippen LogP contribution < -0.4 is 5.22 Å². The van der Waals surface area contributed by atoms with E-state index < -0.39 is 0 Å². The second-order valence-electron chi connectivity index (χ2n) is 5.17. The molecule has 1 heteroatoms.